The van der Waals surface area contributed by atoms with Gasteiger partial charge in [0.05, 0.1) is 11.7 Å². The van der Waals surface area contributed by atoms with Gasteiger partial charge >= 0.3 is 0 Å². The molecule has 7 heteroatoms. The van der Waals surface area contributed by atoms with Crippen molar-refractivity contribution in [2.24, 2.45) is 0 Å². The summed E-state index contributed by atoms with van der Waals surface area (Å²) in [5, 5.41) is 2.70. The number of piperidine rings is 1. The van der Waals surface area contributed by atoms with Crippen LogP contribution in [0.3, 0.4) is 0 Å². The first kappa shape index (κ1) is 18.9. The summed E-state index contributed by atoms with van der Waals surface area (Å²) >= 11 is 0. The normalized spacial score (nSPS) is 17.4. The highest BCUT2D eigenvalue weighted by Crippen LogP contribution is 2.20. The Morgan fingerprint density at radius 1 is 1.21 bits per heavy atom. The summed E-state index contributed by atoms with van der Waals surface area (Å²) in [6.45, 7) is 3.11. The Morgan fingerprint density at radius 2 is 1.83 bits per heavy atom. The van der Waals surface area contributed by atoms with E-state index in [1.165, 1.54) is 16.4 Å². The number of sulfonamides is 1. The summed E-state index contributed by atoms with van der Waals surface area (Å²) in [5.74, 6) is -1.05. The zero-order valence-corrected chi connectivity index (χ0v) is 14.8. The Labute approximate surface area is 143 Å². The smallest absolute Gasteiger partial charge is 0.227 e. The molecule has 0 aromatic heterocycles. The van der Waals surface area contributed by atoms with Crippen LogP contribution in [-0.4, -0.2) is 44.0 Å². The SMILES string of the molecule is CCC(C(=O)NCCS(=O)(=O)N1CCCCC1)c1ccc(F)cc1. The van der Waals surface area contributed by atoms with Gasteiger partial charge < -0.3 is 5.32 Å². The van der Waals surface area contributed by atoms with Gasteiger partial charge in [0.2, 0.25) is 15.9 Å². The molecule has 1 N–H and O–H groups in total. The van der Waals surface area contributed by atoms with Crippen molar-refractivity contribution >= 4 is 15.9 Å². The number of nitrogens with zero attached hydrogens (tertiary/aromatic N) is 1. The molecule has 1 amide bonds. The Balaban J connectivity index is 1.88. The summed E-state index contributed by atoms with van der Waals surface area (Å²) in [7, 11) is -3.31. The third-order valence-corrected chi connectivity index (χ3v) is 6.24. The minimum absolute atomic E-state index is 0.0847. The van der Waals surface area contributed by atoms with E-state index < -0.39 is 15.9 Å². The van der Waals surface area contributed by atoms with Gasteiger partial charge in [0.25, 0.3) is 0 Å². The van der Waals surface area contributed by atoms with E-state index in [4.69, 9.17) is 0 Å². The van der Waals surface area contributed by atoms with Crippen molar-refractivity contribution in [3.63, 3.8) is 0 Å². The molecule has 1 aliphatic heterocycles. The predicted octanol–water partition coefficient (Wildman–Crippen LogP) is 2.25. The number of hydrogen-bond acceptors (Lipinski definition) is 3. The fourth-order valence-corrected chi connectivity index (χ4v) is 4.40. The summed E-state index contributed by atoms with van der Waals surface area (Å²) in [6, 6.07) is 5.83. The van der Waals surface area contributed by atoms with Crippen molar-refractivity contribution in [1.82, 2.24) is 9.62 Å². The maximum Gasteiger partial charge on any atom is 0.227 e. The first-order chi connectivity index (χ1) is 11.4. The molecule has 1 saturated heterocycles. The van der Waals surface area contributed by atoms with Crippen molar-refractivity contribution in [1.29, 1.82) is 0 Å². The van der Waals surface area contributed by atoms with Gasteiger partial charge in [-0.15, -0.1) is 0 Å². The first-order valence-corrected chi connectivity index (χ1v) is 10.1. The molecule has 1 heterocycles. The van der Waals surface area contributed by atoms with Crippen LogP contribution in [0.2, 0.25) is 0 Å². The van der Waals surface area contributed by atoms with Gasteiger partial charge in [-0.05, 0) is 37.0 Å². The zero-order valence-electron chi connectivity index (χ0n) is 14.0. The predicted molar refractivity (Wildman–Crippen MR) is 91.7 cm³/mol. The molecule has 0 bridgehead atoms. The van der Waals surface area contributed by atoms with Crippen LogP contribution in [0.15, 0.2) is 24.3 Å². The van der Waals surface area contributed by atoms with Gasteiger partial charge in [-0.2, -0.15) is 0 Å². The largest absolute Gasteiger partial charge is 0.354 e. The summed E-state index contributed by atoms with van der Waals surface area (Å²) in [6.07, 6.45) is 3.43. The number of hydrogen-bond donors (Lipinski definition) is 1. The fourth-order valence-electron chi connectivity index (χ4n) is 2.97. The molecule has 0 radical (unpaired) electrons. The number of rotatable bonds is 7. The van der Waals surface area contributed by atoms with Crippen LogP contribution < -0.4 is 5.32 Å². The Hall–Kier alpha value is -1.47. The third kappa shape index (κ3) is 5.01. The van der Waals surface area contributed by atoms with E-state index in [1.807, 2.05) is 6.92 Å². The molecule has 0 aliphatic carbocycles. The first-order valence-electron chi connectivity index (χ1n) is 8.45. The number of halogens is 1. The van der Waals surface area contributed by atoms with Gasteiger partial charge in [0, 0.05) is 19.6 Å². The molecule has 0 saturated carbocycles. The minimum atomic E-state index is -3.31. The molecular formula is C17H25FN2O3S. The maximum atomic E-state index is 13.0. The van der Waals surface area contributed by atoms with Crippen molar-refractivity contribution < 1.29 is 17.6 Å². The lowest BCUT2D eigenvalue weighted by Gasteiger charge is -2.26. The van der Waals surface area contributed by atoms with Gasteiger partial charge in [-0.25, -0.2) is 17.1 Å². The Kier molecular flexibility index (Phi) is 6.74. The quantitative estimate of drug-likeness (QED) is 0.815. The molecule has 1 aromatic carbocycles. The zero-order chi connectivity index (χ0) is 17.6. The Morgan fingerprint density at radius 3 is 2.42 bits per heavy atom. The lowest BCUT2D eigenvalue weighted by molar-refractivity contribution is -0.122. The summed E-state index contributed by atoms with van der Waals surface area (Å²) in [5.41, 5.74) is 0.732. The van der Waals surface area contributed by atoms with Gasteiger partial charge in [-0.3, -0.25) is 4.79 Å². The highest BCUT2D eigenvalue weighted by atomic mass is 32.2. The lowest BCUT2D eigenvalue weighted by Crippen LogP contribution is -2.41. The molecule has 1 unspecified atom stereocenters. The summed E-state index contributed by atoms with van der Waals surface area (Å²) < 4.78 is 39.0. The van der Waals surface area contributed by atoms with Crippen LogP contribution in [0.4, 0.5) is 4.39 Å². The molecule has 0 spiro atoms. The van der Waals surface area contributed by atoms with E-state index in [2.05, 4.69) is 5.32 Å². The fraction of sp³-hybridized carbons (Fsp3) is 0.588. The van der Waals surface area contributed by atoms with E-state index in [-0.39, 0.29) is 24.0 Å². The van der Waals surface area contributed by atoms with Crippen LogP contribution in [-0.2, 0) is 14.8 Å². The average molecular weight is 356 g/mol. The third-order valence-electron chi connectivity index (χ3n) is 4.36. The second-order valence-corrected chi connectivity index (χ2v) is 8.17. The van der Waals surface area contributed by atoms with Crippen molar-refractivity contribution in [3.05, 3.63) is 35.6 Å². The second-order valence-electron chi connectivity index (χ2n) is 6.08. The highest BCUT2D eigenvalue weighted by Gasteiger charge is 2.24. The van der Waals surface area contributed by atoms with Crippen molar-refractivity contribution in [3.8, 4) is 0 Å². The van der Waals surface area contributed by atoms with Gasteiger partial charge in [0.1, 0.15) is 5.82 Å². The minimum Gasteiger partial charge on any atom is -0.354 e. The molecule has 24 heavy (non-hydrogen) atoms. The molecule has 5 nitrogen and oxygen atoms in total. The van der Waals surface area contributed by atoms with Crippen LogP contribution in [0.25, 0.3) is 0 Å². The van der Waals surface area contributed by atoms with Crippen LogP contribution >= 0.6 is 0 Å². The van der Waals surface area contributed by atoms with Crippen LogP contribution in [0.5, 0.6) is 0 Å². The molecule has 1 fully saturated rings. The van der Waals surface area contributed by atoms with E-state index in [9.17, 15) is 17.6 Å². The number of benzene rings is 1. The van der Waals surface area contributed by atoms with Gasteiger partial charge in [0.15, 0.2) is 0 Å². The van der Waals surface area contributed by atoms with E-state index in [0.29, 0.717) is 19.5 Å². The second kappa shape index (κ2) is 8.58. The lowest BCUT2D eigenvalue weighted by atomic mass is 9.95. The molecule has 1 atom stereocenters. The maximum absolute atomic E-state index is 13.0. The molecular weight excluding hydrogens is 331 g/mol. The molecule has 1 aliphatic rings. The number of nitrogens with one attached hydrogen (secondary N) is 1. The topological polar surface area (TPSA) is 66.5 Å². The number of amides is 1. The average Bonchev–Trinajstić information content (AvgIpc) is 2.58. The van der Waals surface area contributed by atoms with E-state index >= 15 is 0 Å². The van der Waals surface area contributed by atoms with Crippen molar-refractivity contribution in [2.75, 3.05) is 25.4 Å². The molecule has 2 rings (SSSR count). The summed E-state index contributed by atoms with van der Waals surface area (Å²) in [4.78, 5) is 12.3. The molecule has 134 valence electrons. The number of carbonyl (C=O) groups excluding carboxylic acids is 1. The van der Waals surface area contributed by atoms with Crippen molar-refractivity contribution in [2.45, 2.75) is 38.5 Å². The van der Waals surface area contributed by atoms with Crippen LogP contribution in [0.1, 0.15) is 44.1 Å². The number of carbonyl (C=O) groups is 1. The van der Waals surface area contributed by atoms with Gasteiger partial charge in [-0.1, -0.05) is 25.5 Å². The Bertz CT molecular complexity index is 640. The van der Waals surface area contributed by atoms with Crippen LogP contribution in [0, 0.1) is 5.82 Å². The monoisotopic (exact) mass is 356 g/mol. The highest BCUT2D eigenvalue weighted by molar-refractivity contribution is 7.89. The van der Waals surface area contributed by atoms with E-state index in [1.54, 1.807) is 12.1 Å². The van der Waals surface area contributed by atoms with E-state index in [0.717, 1.165) is 24.8 Å². The standard InChI is InChI=1S/C17H25FN2O3S/c1-2-16(14-6-8-15(18)9-7-14)17(21)19-10-13-24(22,23)20-11-4-3-5-12-20/h6-9,16H,2-5,10-13H2,1H3,(H,19,21). The molecule has 1 aromatic rings.